The molecule has 1 amide bonds. The Labute approximate surface area is 183 Å². The lowest BCUT2D eigenvalue weighted by Gasteiger charge is -2.23. The molecule has 0 aromatic heterocycles. The van der Waals surface area contributed by atoms with Crippen LogP contribution in [-0.4, -0.2) is 57.7 Å². The Kier molecular flexibility index (Phi) is 9.61. The lowest BCUT2D eigenvalue weighted by Crippen LogP contribution is -2.39. The third kappa shape index (κ3) is 7.81. The Morgan fingerprint density at radius 1 is 1.10 bits per heavy atom. The molecule has 0 atom stereocenters. The summed E-state index contributed by atoms with van der Waals surface area (Å²) < 4.78 is 23.7. The molecular formula is C23H31FN4O3. The number of nitrogens with zero attached hydrogens (tertiary/aromatic N) is 2. The van der Waals surface area contributed by atoms with E-state index in [1.165, 1.54) is 12.1 Å². The van der Waals surface area contributed by atoms with Gasteiger partial charge in [-0.15, -0.1) is 0 Å². The molecule has 0 radical (unpaired) electrons. The summed E-state index contributed by atoms with van der Waals surface area (Å²) >= 11 is 0. The number of hydrogen-bond donors (Lipinski definition) is 2. The number of amides is 1. The number of rotatable bonds is 10. The van der Waals surface area contributed by atoms with Crippen molar-refractivity contribution < 1.29 is 18.7 Å². The molecule has 0 aliphatic carbocycles. The molecular weight excluding hydrogens is 399 g/mol. The molecule has 2 aromatic carbocycles. The van der Waals surface area contributed by atoms with Gasteiger partial charge in [-0.05, 0) is 36.8 Å². The first-order chi connectivity index (χ1) is 15.0. The number of hydrogen-bond acceptors (Lipinski definition) is 4. The first kappa shape index (κ1) is 24.0. The Balaban J connectivity index is 1.90. The fraction of sp³-hybridized carbons (Fsp3) is 0.391. The average molecular weight is 431 g/mol. The molecule has 0 bridgehead atoms. The van der Waals surface area contributed by atoms with E-state index in [0.717, 1.165) is 35.1 Å². The first-order valence-corrected chi connectivity index (χ1v) is 10.2. The molecule has 0 heterocycles. The maximum absolute atomic E-state index is 13.0. The van der Waals surface area contributed by atoms with Crippen molar-refractivity contribution in [3.63, 3.8) is 0 Å². The summed E-state index contributed by atoms with van der Waals surface area (Å²) in [7, 11) is 5.19. The number of ether oxygens (including phenoxy) is 2. The van der Waals surface area contributed by atoms with Crippen LogP contribution in [0.3, 0.4) is 0 Å². The van der Waals surface area contributed by atoms with Gasteiger partial charge in [-0.25, -0.2) is 4.39 Å². The smallest absolute Gasteiger partial charge is 0.224 e. The van der Waals surface area contributed by atoms with Gasteiger partial charge in [-0.3, -0.25) is 9.79 Å². The van der Waals surface area contributed by atoms with Crippen LogP contribution in [0.1, 0.15) is 18.1 Å². The quantitative estimate of drug-likeness (QED) is 0.344. The molecule has 2 aromatic rings. The van der Waals surface area contributed by atoms with Gasteiger partial charge in [-0.1, -0.05) is 12.1 Å². The Morgan fingerprint density at radius 3 is 2.48 bits per heavy atom. The van der Waals surface area contributed by atoms with Crippen molar-refractivity contribution in [2.45, 2.75) is 19.9 Å². The van der Waals surface area contributed by atoms with E-state index >= 15 is 0 Å². The third-order valence-corrected chi connectivity index (χ3v) is 4.57. The zero-order valence-corrected chi connectivity index (χ0v) is 18.6. The Morgan fingerprint density at radius 2 is 1.84 bits per heavy atom. The van der Waals surface area contributed by atoms with E-state index < -0.39 is 0 Å². The monoisotopic (exact) mass is 430 g/mol. The SMILES string of the molecule is CCNC(=NCCNC(=O)Cc1ccc(F)cc1)N(C)Cc1ccc(OC)cc1OC. The number of nitrogens with one attached hydrogen (secondary N) is 2. The Bertz CT molecular complexity index is 872. The number of guanidine groups is 1. The van der Waals surface area contributed by atoms with Crippen molar-refractivity contribution in [1.82, 2.24) is 15.5 Å². The van der Waals surface area contributed by atoms with Gasteiger partial charge in [0.1, 0.15) is 17.3 Å². The molecule has 2 rings (SSSR count). The second kappa shape index (κ2) is 12.4. The number of methoxy groups -OCH3 is 2. The number of benzene rings is 2. The first-order valence-electron chi connectivity index (χ1n) is 10.2. The Hall–Kier alpha value is -3.29. The van der Waals surface area contributed by atoms with Crippen LogP contribution in [-0.2, 0) is 17.8 Å². The topological polar surface area (TPSA) is 75.2 Å². The van der Waals surface area contributed by atoms with E-state index in [1.807, 2.05) is 37.1 Å². The van der Waals surface area contributed by atoms with E-state index in [2.05, 4.69) is 15.6 Å². The summed E-state index contributed by atoms with van der Waals surface area (Å²) in [5, 5.41) is 6.10. The van der Waals surface area contributed by atoms with Gasteiger partial charge in [0.05, 0.1) is 27.2 Å². The summed E-state index contributed by atoms with van der Waals surface area (Å²) in [5.74, 6) is 1.78. The van der Waals surface area contributed by atoms with Crippen molar-refractivity contribution in [3.05, 3.63) is 59.4 Å². The van der Waals surface area contributed by atoms with Crippen molar-refractivity contribution in [2.24, 2.45) is 4.99 Å². The standard InChI is InChI=1S/C23H31FN4O3/c1-5-25-23(28(2)16-18-8-11-20(30-3)15-21(18)31-4)27-13-12-26-22(29)14-17-6-9-19(24)10-7-17/h6-11,15H,5,12-14,16H2,1-4H3,(H,25,27)(H,26,29). The molecule has 0 aliphatic heterocycles. The predicted molar refractivity (Wildman–Crippen MR) is 120 cm³/mol. The van der Waals surface area contributed by atoms with E-state index in [0.29, 0.717) is 19.6 Å². The van der Waals surface area contributed by atoms with Gasteiger partial charge in [0.15, 0.2) is 5.96 Å². The lowest BCUT2D eigenvalue weighted by molar-refractivity contribution is -0.120. The lowest BCUT2D eigenvalue weighted by atomic mass is 10.1. The highest BCUT2D eigenvalue weighted by Gasteiger charge is 2.11. The van der Waals surface area contributed by atoms with Gasteiger partial charge in [-0.2, -0.15) is 0 Å². The van der Waals surface area contributed by atoms with Crippen LogP contribution in [0.2, 0.25) is 0 Å². The maximum atomic E-state index is 13.0. The van der Waals surface area contributed by atoms with Gasteiger partial charge in [0.2, 0.25) is 5.91 Å². The van der Waals surface area contributed by atoms with E-state index in [1.54, 1.807) is 26.4 Å². The van der Waals surface area contributed by atoms with Gasteiger partial charge in [0.25, 0.3) is 0 Å². The van der Waals surface area contributed by atoms with Crippen LogP contribution in [0.5, 0.6) is 11.5 Å². The molecule has 0 spiro atoms. The zero-order valence-electron chi connectivity index (χ0n) is 18.6. The molecule has 8 heteroatoms. The minimum absolute atomic E-state index is 0.122. The van der Waals surface area contributed by atoms with Crippen LogP contribution in [0.25, 0.3) is 0 Å². The minimum Gasteiger partial charge on any atom is -0.497 e. The molecule has 0 saturated carbocycles. The van der Waals surface area contributed by atoms with E-state index in [9.17, 15) is 9.18 Å². The second-order valence-electron chi connectivity index (χ2n) is 6.92. The van der Waals surface area contributed by atoms with Crippen molar-refractivity contribution >= 4 is 11.9 Å². The molecule has 0 unspecified atom stereocenters. The summed E-state index contributed by atoms with van der Waals surface area (Å²) in [6.45, 7) is 4.16. The molecule has 0 saturated heterocycles. The number of aliphatic imine (C=N–C) groups is 1. The largest absolute Gasteiger partial charge is 0.497 e. The molecule has 0 fully saturated rings. The number of halogens is 1. The van der Waals surface area contributed by atoms with Crippen LogP contribution >= 0.6 is 0 Å². The van der Waals surface area contributed by atoms with Crippen LogP contribution in [0.4, 0.5) is 4.39 Å². The highest BCUT2D eigenvalue weighted by atomic mass is 19.1. The van der Waals surface area contributed by atoms with E-state index in [4.69, 9.17) is 9.47 Å². The fourth-order valence-electron chi connectivity index (χ4n) is 2.99. The summed E-state index contributed by atoms with van der Waals surface area (Å²) in [6.07, 6.45) is 0.210. The van der Waals surface area contributed by atoms with Gasteiger partial charge in [0, 0.05) is 38.3 Å². The highest BCUT2D eigenvalue weighted by molar-refractivity contribution is 5.80. The highest BCUT2D eigenvalue weighted by Crippen LogP contribution is 2.25. The molecule has 0 aliphatic rings. The molecule has 31 heavy (non-hydrogen) atoms. The van der Waals surface area contributed by atoms with Crippen LogP contribution < -0.4 is 20.1 Å². The summed E-state index contributed by atoms with van der Waals surface area (Å²) in [4.78, 5) is 18.6. The normalized spacial score (nSPS) is 11.1. The van der Waals surface area contributed by atoms with Crippen LogP contribution in [0.15, 0.2) is 47.5 Å². The van der Waals surface area contributed by atoms with Crippen molar-refractivity contribution in [1.29, 1.82) is 0 Å². The fourth-order valence-corrected chi connectivity index (χ4v) is 2.99. The second-order valence-corrected chi connectivity index (χ2v) is 6.92. The zero-order chi connectivity index (χ0) is 22.6. The molecule has 7 nitrogen and oxygen atoms in total. The van der Waals surface area contributed by atoms with Crippen molar-refractivity contribution in [3.8, 4) is 11.5 Å². The van der Waals surface area contributed by atoms with Gasteiger partial charge < -0.3 is 25.0 Å². The van der Waals surface area contributed by atoms with E-state index in [-0.39, 0.29) is 18.1 Å². The summed E-state index contributed by atoms with van der Waals surface area (Å²) in [5.41, 5.74) is 1.77. The van der Waals surface area contributed by atoms with Gasteiger partial charge >= 0.3 is 0 Å². The third-order valence-electron chi connectivity index (χ3n) is 4.57. The minimum atomic E-state index is -0.314. The average Bonchev–Trinajstić information content (AvgIpc) is 2.77. The number of carbonyl (C=O) groups excluding carboxylic acids is 1. The number of carbonyl (C=O) groups is 1. The molecule has 2 N–H and O–H groups in total. The van der Waals surface area contributed by atoms with Crippen molar-refractivity contribution in [2.75, 3.05) is 40.9 Å². The predicted octanol–water partition coefficient (Wildman–Crippen LogP) is 2.60. The molecule has 168 valence electrons. The van der Waals surface area contributed by atoms with Crippen LogP contribution in [0, 0.1) is 5.82 Å². The maximum Gasteiger partial charge on any atom is 0.224 e. The summed E-state index contributed by atoms with van der Waals surface area (Å²) in [6, 6.07) is 11.6.